The maximum Gasteiger partial charge on any atom is 0.350 e. The molecule has 122 valence electrons. The number of hydrogen-bond acceptors (Lipinski definition) is 5. The minimum absolute atomic E-state index is 0.0889. The monoisotopic (exact) mass is 353 g/mol. The lowest BCUT2D eigenvalue weighted by Gasteiger charge is -2.05. The third kappa shape index (κ3) is 4.54. The van der Waals surface area contributed by atoms with Crippen LogP contribution in [0.15, 0.2) is 30.3 Å². The van der Waals surface area contributed by atoms with Crippen LogP contribution >= 0.6 is 22.9 Å². The molecule has 1 heterocycles. The maximum atomic E-state index is 12.1. The summed E-state index contributed by atoms with van der Waals surface area (Å²) < 4.78 is 9.84. The number of hydrogen-bond donors (Lipinski definition) is 1. The van der Waals surface area contributed by atoms with Crippen LogP contribution in [0.2, 0.25) is 5.02 Å². The van der Waals surface area contributed by atoms with E-state index in [0.717, 1.165) is 10.4 Å². The zero-order chi connectivity index (χ0) is 16.8. The van der Waals surface area contributed by atoms with Crippen molar-refractivity contribution in [1.82, 2.24) is 0 Å². The van der Waals surface area contributed by atoms with E-state index < -0.39 is 5.97 Å². The average molecular weight is 354 g/mol. The van der Waals surface area contributed by atoms with Gasteiger partial charge in [-0.3, -0.25) is 4.79 Å². The topological polar surface area (TPSA) is 64.6 Å². The lowest BCUT2D eigenvalue weighted by molar-refractivity contribution is -0.119. The molecule has 0 saturated carbocycles. The predicted octanol–water partition coefficient (Wildman–Crippen LogP) is 3.83. The molecule has 0 radical (unpaired) electrons. The Morgan fingerprint density at radius 2 is 1.96 bits per heavy atom. The molecule has 0 spiro atoms. The van der Waals surface area contributed by atoms with E-state index >= 15 is 0 Å². The Bertz CT molecular complexity index is 697. The lowest BCUT2D eigenvalue weighted by atomic mass is 10.2. The molecule has 0 fully saturated rings. The zero-order valence-electron chi connectivity index (χ0n) is 12.7. The van der Waals surface area contributed by atoms with Gasteiger partial charge < -0.3 is 14.8 Å². The van der Waals surface area contributed by atoms with Gasteiger partial charge in [0.15, 0.2) is 0 Å². The Balaban J connectivity index is 2.36. The van der Waals surface area contributed by atoms with Gasteiger partial charge in [-0.05, 0) is 30.7 Å². The van der Waals surface area contributed by atoms with Crippen molar-refractivity contribution in [3.63, 3.8) is 0 Å². The summed E-state index contributed by atoms with van der Waals surface area (Å²) >= 11 is 7.14. The molecule has 0 unspecified atom stereocenters. The fourth-order valence-electron chi connectivity index (χ4n) is 1.91. The highest BCUT2D eigenvalue weighted by atomic mass is 35.5. The molecule has 23 heavy (non-hydrogen) atoms. The summed E-state index contributed by atoms with van der Waals surface area (Å²) in [5, 5.41) is 3.30. The van der Waals surface area contributed by atoms with Crippen molar-refractivity contribution in [2.75, 3.05) is 25.6 Å². The van der Waals surface area contributed by atoms with Crippen molar-refractivity contribution < 1.29 is 19.1 Å². The Hall–Kier alpha value is -1.89. The number of esters is 1. The first kappa shape index (κ1) is 17.5. The molecule has 1 amide bonds. The van der Waals surface area contributed by atoms with Gasteiger partial charge >= 0.3 is 5.97 Å². The molecular formula is C16H16ClNO4S. The quantitative estimate of drug-likeness (QED) is 0.801. The van der Waals surface area contributed by atoms with Crippen molar-refractivity contribution in [1.29, 1.82) is 0 Å². The van der Waals surface area contributed by atoms with E-state index in [2.05, 4.69) is 5.32 Å². The largest absolute Gasteiger partial charge is 0.462 e. The molecule has 1 aromatic heterocycles. The number of carbonyl (C=O) groups is 2. The van der Waals surface area contributed by atoms with Crippen molar-refractivity contribution in [3.05, 3.63) is 40.2 Å². The molecule has 2 rings (SSSR count). The molecule has 0 atom stereocenters. The van der Waals surface area contributed by atoms with E-state index in [1.807, 2.05) is 12.1 Å². The number of nitrogens with one attached hydrogen (secondary N) is 1. The Labute approximate surface area is 143 Å². The Kier molecular flexibility index (Phi) is 6.15. The molecule has 0 bridgehead atoms. The van der Waals surface area contributed by atoms with Crippen LogP contribution in [0.5, 0.6) is 0 Å². The summed E-state index contributed by atoms with van der Waals surface area (Å²) in [5.41, 5.74) is 1.32. The van der Waals surface area contributed by atoms with Crippen LogP contribution in [-0.2, 0) is 14.3 Å². The Morgan fingerprint density at radius 1 is 1.26 bits per heavy atom. The first-order chi connectivity index (χ1) is 11.0. The SMILES string of the molecule is CCOC(=O)c1sc(-c2ccc(Cl)cc2)cc1NC(=O)COC. The number of benzene rings is 1. The summed E-state index contributed by atoms with van der Waals surface area (Å²) in [6.07, 6.45) is 0. The molecule has 0 aliphatic heterocycles. The highest BCUT2D eigenvalue weighted by Gasteiger charge is 2.19. The summed E-state index contributed by atoms with van der Waals surface area (Å²) in [5.74, 6) is -0.802. The van der Waals surface area contributed by atoms with Gasteiger partial charge in [-0.1, -0.05) is 23.7 Å². The van der Waals surface area contributed by atoms with Gasteiger partial charge in [-0.25, -0.2) is 4.79 Å². The Morgan fingerprint density at radius 3 is 2.57 bits per heavy atom. The van der Waals surface area contributed by atoms with Crippen molar-refractivity contribution in [2.24, 2.45) is 0 Å². The summed E-state index contributed by atoms with van der Waals surface area (Å²) in [7, 11) is 1.43. The first-order valence-electron chi connectivity index (χ1n) is 6.90. The molecule has 1 aromatic carbocycles. The van der Waals surface area contributed by atoms with Gasteiger partial charge in [0.1, 0.15) is 11.5 Å². The first-order valence-corrected chi connectivity index (χ1v) is 8.10. The van der Waals surface area contributed by atoms with Gasteiger partial charge in [0, 0.05) is 17.0 Å². The maximum absolute atomic E-state index is 12.1. The molecule has 1 N–H and O–H groups in total. The number of thiophene rings is 1. The number of halogens is 1. The number of ether oxygens (including phenoxy) is 2. The van der Waals surface area contributed by atoms with E-state index in [0.29, 0.717) is 15.6 Å². The van der Waals surface area contributed by atoms with E-state index in [-0.39, 0.29) is 19.1 Å². The molecular weight excluding hydrogens is 338 g/mol. The van der Waals surface area contributed by atoms with Crippen LogP contribution in [0.3, 0.4) is 0 Å². The average Bonchev–Trinajstić information content (AvgIpc) is 2.92. The minimum Gasteiger partial charge on any atom is -0.462 e. The van der Waals surface area contributed by atoms with Crippen LogP contribution in [0.25, 0.3) is 10.4 Å². The number of carbonyl (C=O) groups excluding carboxylic acids is 2. The fourth-order valence-corrected chi connectivity index (χ4v) is 3.04. The molecule has 7 heteroatoms. The van der Waals surface area contributed by atoms with Gasteiger partial charge in [-0.2, -0.15) is 0 Å². The number of methoxy groups -OCH3 is 1. The van der Waals surface area contributed by atoms with Gasteiger partial charge in [0.25, 0.3) is 0 Å². The molecule has 2 aromatic rings. The third-order valence-corrected chi connectivity index (χ3v) is 4.29. The van der Waals surface area contributed by atoms with Gasteiger partial charge in [-0.15, -0.1) is 11.3 Å². The van der Waals surface area contributed by atoms with Crippen LogP contribution < -0.4 is 5.32 Å². The van der Waals surface area contributed by atoms with Crippen LogP contribution in [0.1, 0.15) is 16.6 Å². The second kappa shape index (κ2) is 8.10. The number of anilines is 1. The van der Waals surface area contributed by atoms with Crippen LogP contribution in [0, 0.1) is 0 Å². The lowest BCUT2D eigenvalue weighted by Crippen LogP contribution is -2.18. The number of rotatable bonds is 6. The predicted molar refractivity (Wildman–Crippen MR) is 91.2 cm³/mol. The zero-order valence-corrected chi connectivity index (χ0v) is 14.3. The second-order valence-electron chi connectivity index (χ2n) is 4.56. The minimum atomic E-state index is -0.467. The number of amides is 1. The van der Waals surface area contributed by atoms with E-state index in [4.69, 9.17) is 21.1 Å². The van der Waals surface area contributed by atoms with Crippen LogP contribution in [-0.4, -0.2) is 32.2 Å². The van der Waals surface area contributed by atoms with Crippen LogP contribution in [0.4, 0.5) is 5.69 Å². The van der Waals surface area contributed by atoms with Gasteiger partial charge in [0.05, 0.1) is 12.3 Å². The molecule has 0 saturated heterocycles. The van der Waals surface area contributed by atoms with Gasteiger partial charge in [0.2, 0.25) is 5.91 Å². The van der Waals surface area contributed by atoms with Crippen molar-refractivity contribution in [2.45, 2.75) is 6.92 Å². The van der Waals surface area contributed by atoms with E-state index in [1.54, 1.807) is 25.1 Å². The normalized spacial score (nSPS) is 10.4. The standard InChI is InChI=1S/C16H16ClNO4S/c1-3-22-16(20)15-12(18-14(19)9-21-2)8-13(23-15)10-4-6-11(17)7-5-10/h4-8H,3,9H2,1-2H3,(H,18,19). The van der Waals surface area contributed by atoms with Crippen molar-refractivity contribution in [3.8, 4) is 10.4 Å². The molecule has 5 nitrogen and oxygen atoms in total. The van der Waals surface area contributed by atoms with E-state index in [1.165, 1.54) is 18.4 Å². The summed E-state index contributed by atoms with van der Waals surface area (Å²) in [4.78, 5) is 25.0. The summed E-state index contributed by atoms with van der Waals surface area (Å²) in [6, 6.07) is 8.98. The van der Waals surface area contributed by atoms with E-state index in [9.17, 15) is 9.59 Å². The fraction of sp³-hybridized carbons (Fsp3) is 0.250. The highest BCUT2D eigenvalue weighted by Crippen LogP contribution is 2.35. The highest BCUT2D eigenvalue weighted by molar-refractivity contribution is 7.18. The summed E-state index contributed by atoms with van der Waals surface area (Å²) in [6.45, 7) is 1.90. The molecule has 0 aliphatic carbocycles. The smallest absolute Gasteiger partial charge is 0.350 e. The van der Waals surface area contributed by atoms with Crippen molar-refractivity contribution >= 4 is 40.5 Å². The second-order valence-corrected chi connectivity index (χ2v) is 6.05. The molecule has 0 aliphatic rings. The third-order valence-electron chi connectivity index (χ3n) is 2.87.